The van der Waals surface area contributed by atoms with Crippen molar-refractivity contribution < 1.29 is 14.6 Å². The number of ether oxygens (including phenoxy) is 1. The van der Waals surface area contributed by atoms with Gasteiger partial charge in [0.15, 0.2) is 0 Å². The Morgan fingerprint density at radius 1 is 1.09 bits per heavy atom. The van der Waals surface area contributed by atoms with Gasteiger partial charge in [0.1, 0.15) is 11.5 Å². The number of hydrogen-bond acceptors (Lipinski definition) is 3. The lowest BCUT2D eigenvalue weighted by molar-refractivity contribution is -0.121. The molecule has 0 aliphatic rings. The Balaban J connectivity index is 1.61. The van der Waals surface area contributed by atoms with E-state index in [1.165, 1.54) is 5.56 Å². The smallest absolute Gasteiger partial charge is 0.223 e. The summed E-state index contributed by atoms with van der Waals surface area (Å²) in [4.78, 5) is 11.7. The fraction of sp³-hybridized carbons (Fsp3) is 0.278. The van der Waals surface area contributed by atoms with E-state index in [9.17, 15) is 9.90 Å². The van der Waals surface area contributed by atoms with Crippen LogP contribution in [0.5, 0.6) is 11.5 Å². The fourth-order valence-electron chi connectivity index (χ4n) is 1.99. The molecule has 0 bridgehead atoms. The van der Waals surface area contributed by atoms with Gasteiger partial charge < -0.3 is 15.2 Å². The molecule has 2 aromatic carbocycles. The second-order valence-electron chi connectivity index (χ2n) is 5.18. The third kappa shape index (κ3) is 5.48. The van der Waals surface area contributed by atoms with E-state index in [1.807, 2.05) is 43.3 Å². The summed E-state index contributed by atoms with van der Waals surface area (Å²) >= 11 is 0. The highest BCUT2D eigenvalue weighted by molar-refractivity contribution is 5.75. The average molecular weight is 299 g/mol. The molecule has 0 unspecified atom stereocenters. The third-order valence-corrected chi connectivity index (χ3v) is 3.29. The fourth-order valence-corrected chi connectivity index (χ4v) is 1.99. The molecular weight excluding hydrogens is 278 g/mol. The molecule has 0 fully saturated rings. The van der Waals surface area contributed by atoms with Crippen LogP contribution in [0, 0.1) is 6.92 Å². The third-order valence-electron chi connectivity index (χ3n) is 3.29. The van der Waals surface area contributed by atoms with Crippen molar-refractivity contribution in [3.63, 3.8) is 0 Å². The predicted octanol–water partition coefficient (Wildman–Crippen LogP) is 2.83. The van der Waals surface area contributed by atoms with Crippen LogP contribution in [0.3, 0.4) is 0 Å². The van der Waals surface area contributed by atoms with Gasteiger partial charge in [0.25, 0.3) is 0 Å². The molecule has 0 saturated heterocycles. The van der Waals surface area contributed by atoms with Crippen molar-refractivity contribution in [2.24, 2.45) is 0 Å². The molecular formula is C18H21NO3. The van der Waals surface area contributed by atoms with Gasteiger partial charge in [-0.05, 0) is 43.2 Å². The lowest BCUT2D eigenvalue weighted by atomic mass is 10.1. The summed E-state index contributed by atoms with van der Waals surface area (Å²) in [6.07, 6.45) is 1.08. The van der Waals surface area contributed by atoms with Gasteiger partial charge in [-0.3, -0.25) is 4.79 Å². The van der Waals surface area contributed by atoms with E-state index in [1.54, 1.807) is 12.1 Å². The summed E-state index contributed by atoms with van der Waals surface area (Å²) in [5.41, 5.74) is 2.26. The van der Waals surface area contributed by atoms with Gasteiger partial charge in [-0.15, -0.1) is 0 Å². The first-order valence-corrected chi connectivity index (χ1v) is 7.37. The molecule has 1 amide bonds. The number of aromatic hydroxyl groups is 1. The van der Waals surface area contributed by atoms with Gasteiger partial charge in [-0.2, -0.15) is 0 Å². The number of nitrogens with one attached hydrogen (secondary N) is 1. The number of phenols is 1. The lowest BCUT2D eigenvalue weighted by Gasteiger charge is -2.08. The van der Waals surface area contributed by atoms with Crippen LogP contribution in [-0.4, -0.2) is 24.2 Å². The lowest BCUT2D eigenvalue weighted by Crippen LogP contribution is -2.27. The number of aryl methyl sites for hydroxylation is 1. The van der Waals surface area contributed by atoms with Crippen LogP contribution in [-0.2, 0) is 11.2 Å². The van der Waals surface area contributed by atoms with Crippen LogP contribution in [0.2, 0.25) is 0 Å². The van der Waals surface area contributed by atoms with Gasteiger partial charge in [-0.25, -0.2) is 0 Å². The quantitative estimate of drug-likeness (QED) is 0.826. The molecule has 0 saturated carbocycles. The van der Waals surface area contributed by atoms with E-state index in [0.717, 1.165) is 17.7 Å². The maximum atomic E-state index is 11.7. The van der Waals surface area contributed by atoms with Crippen LogP contribution in [0.1, 0.15) is 17.5 Å². The molecule has 0 atom stereocenters. The Kier molecular flexibility index (Phi) is 5.83. The molecule has 0 aliphatic carbocycles. The molecule has 2 rings (SSSR count). The van der Waals surface area contributed by atoms with E-state index >= 15 is 0 Å². The Morgan fingerprint density at radius 3 is 2.45 bits per heavy atom. The van der Waals surface area contributed by atoms with Crippen LogP contribution in [0.15, 0.2) is 48.5 Å². The molecule has 2 N–H and O–H groups in total. The largest absolute Gasteiger partial charge is 0.508 e. The average Bonchev–Trinajstić information content (AvgIpc) is 2.51. The number of carbonyl (C=O) groups is 1. The topological polar surface area (TPSA) is 58.6 Å². The van der Waals surface area contributed by atoms with Gasteiger partial charge in [-0.1, -0.05) is 29.8 Å². The Morgan fingerprint density at radius 2 is 1.77 bits per heavy atom. The summed E-state index contributed by atoms with van der Waals surface area (Å²) in [5.74, 6) is 1.01. The second kappa shape index (κ2) is 8.08. The number of amides is 1. The zero-order valence-electron chi connectivity index (χ0n) is 12.7. The predicted molar refractivity (Wildman–Crippen MR) is 86.1 cm³/mol. The van der Waals surface area contributed by atoms with E-state index in [0.29, 0.717) is 19.6 Å². The Bertz CT molecular complexity index is 537. The minimum absolute atomic E-state index is 0.0223. The Labute approximate surface area is 130 Å². The first-order chi connectivity index (χ1) is 10.6. The van der Waals surface area contributed by atoms with Crippen LogP contribution in [0.25, 0.3) is 0 Å². The van der Waals surface area contributed by atoms with Gasteiger partial charge in [0.2, 0.25) is 5.91 Å². The number of hydrogen-bond donors (Lipinski definition) is 2. The van der Waals surface area contributed by atoms with Crippen molar-refractivity contribution in [2.75, 3.05) is 13.2 Å². The molecule has 0 spiro atoms. The molecule has 0 aliphatic heterocycles. The van der Waals surface area contributed by atoms with Gasteiger partial charge >= 0.3 is 0 Å². The maximum absolute atomic E-state index is 11.7. The second-order valence-corrected chi connectivity index (χ2v) is 5.18. The van der Waals surface area contributed by atoms with Crippen LogP contribution in [0.4, 0.5) is 0 Å². The SMILES string of the molecule is Cc1ccc(OCCC(=O)NCCc2ccc(O)cc2)cc1. The Hall–Kier alpha value is -2.49. The monoisotopic (exact) mass is 299 g/mol. The van der Waals surface area contributed by atoms with Crippen molar-refractivity contribution >= 4 is 5.91 Å². The highest BCUT2D eigenvalue weighted by Gasteiger charge is 2.02. The molecule has 4 nitrogen and oxygen atoms in total. The van der Waals surface area contributed by atoms with E-state index in [-0.39, 0.29) is 11.7 Å². The van der Waals surface area contributed by atoms with Crippen LogP contribution < -0.4 is 10.1 Å². The first-order valence-electron chi connectivity index (χ1n) is 7.37. The highest BCUT2D eigenvalue weighted by Crippen LogP contribution is 2.11. The molecule has 0 aromatic heterocycles. The summed E-state index contributed by atoms with van der Waals surface area (Å²) < 4.78 is 5.52. The summed E-state index contributed by atoms with van der Waals surface area (Å²) in [6, 6.07) is 14.7. The highest BCUT2D eigenvalue weighted by atomic mass is 16.5. The minimum Gasteiger partial charge on any atom is -0.508 e. The molecule has 4 heteroatoms. The van der Waals surface area contributed by atoms with Crippen molar-refractivity contribution in [1.29, 1.82) is 0 Å². The first kappa shape index (κ1) is 15.9. The van der Waals surface area contributed by atoms with E-state index < -0.39 is 0 Å². The summed E-state index contributed by atoms with van der Waals surface area (Å²) in [6.45, 7) is 2.97. The van der Waals surface area contributed by atoms with Gasteiger partial charge in [0.05, 0.1) is 13.0 Å². The van der Waals surface area contributed by atoms with Gasteiger partial charge in [0, 0.05) is 6.54 Å². The zero-order valence-corrected chi connectivity index (χ0v) is 12.7. The van der Waals surface area contributed by atoms with Crippen molar-refractivity contribution in [3.8, 4) is 11.5 Å². The number of phenolic OH excluding ortho intramolecular Hbond substituents is 1. The number of rotatable bonds is 7. The standard InChI is InChI=1S/C18H21NO3/c1-14-2-8-17(9-3-14)22-13-11-18(21)19-12-10-15-4-6-16(20)7-5-15/h2-9,20H,10-13H2,1H3,(H,19,21). The molecule has 0 heterocycles. The maximum Gasteiger partial charge on any atom is 0.223 e. The van der Waals surface area contributed by atoms with Crippen molar-refractivity contribution in [2.45, 2.75) is 19.8 Å². The molecule has 2 aromatic rings. The zero-order chi connectivity index (χ0) is 15.8. The summed E-state index contributed by atoms with van der Waals surface area (Å²) in [5, 5.41) is 12.1. The molecule has 116 valence electrons. The van der Waals surface area contributed by atoms with Crippen LogP contribution >= 0.6 is 0 Å². The number of benzene rings is 2. The number of carbonyl (C=O) groups excluding carboxylic acids is 1. The van der Waals surface area contributed by atoms with E-state index in [4.69, 9.17) is 4.74 Å². The van der Waals surface area contributed by atoms with Crippen molar-refractivity contribution in [1.82, 2.24) is 5.32 Å². The minimum atomic E-state index is -0.0223. The summed E-state index contributed by atoms with van der Waals surface area (Å²) in [7, 11) is 0. The molecule has 22 heavy (non-hydrogen) atoms. The molecule has 0 radical (unpaired) electrons. The van der Waals surface area contributed by atoms with Crippen molar-refractivity contribution in [3.05, 3.63) is 59.7 Å². The normalized spacial score (nSPS) is 10.2. The van der Waals surface area contributed by atoms with E-state index in [2.05, 4.69) is 5.32 Å².